The Morgan fingerprint density at radius 1 is 1.30 bits per heavy atom. The Balaban J connectivity index is 0.00000364. The van der Waals surface area contributed by atoms with E-state index in [2.05, 4.69) is 40.9 Å². The summed E-state index contributed by atoms with van der Waals surface area (Å²) in [5.41, 5.74) is 2.06. The molecule has 1 aromatic carbocycles. The van der Waals surface area contributed by atoms with Gasteiger partial charge in [-0.1, -0.05) is 32.0 Å². The van der Waals surface area contributed by atoms with Crippen molar-refractivity contribution < 1.29 is 9.53 Å². The zero-order valence-electron chi connectivity index (χ0n) is 16.6. The summed E-state index contributed by atoms with van der Waals surface area (Å²) in [7, 11) is 0. The second kappa shape index (κ2) is 12.9. The summed E-state index contributed by atoms with van der Waals surface area (Å²) in [6.07, 6.45) is 1.55. The first-order chi connectivity index (χ1) is 12.6. The number of fused-ring (bicyclic) bond motifs is 1. The van der Waals surface area contributed by atoms with E-state index in [4.69, 9.17) is 4.74 Å². The lowest BCUT2D eigenvalue weighted by atomic mass is 9.91. The minimum atomic E-state index is 0. The van der Waals surface area contributed by atoms with E-state index in [0.29, 0.717) is 32.0 Å². The number of amides is 1. The molecule has 1 amide bonds. The highest BCUT2D eigenvalue weighted by molar-refractivity contribution is 14.0. The van der Waals surface area contributed by atoms with Crippen LogP contribution in [-0.4, -0.2) is 44.7 Å². The molecule has 0 saturated heterocycles. The Morgan fingerprint density at radius 2 is 2.07 bits per heavy atom. The van der Waals surface area contributed by atoms with Gasteiger partial charge in [-0.15, -0.1) is 24.0 Å². The molecule has 1 aromatic rings. The topological polar surface area (TPSA) is 74.8 Å². The third-order valence-electron chi connectivity index (χ3n) is 4.30. The number of carbonyl (C=O) groups excluding carboxylic acids is 1. The van der Waals surface area contributed by atoms with Gasteiger partial charge in [0.15, 0.2) is 5.96 Å². The van der Waals surface area contributed by atoms with E-state index >= 15 is 0 Å². The minimum absolute atomic E-state index is 0. The van der Waals surface area contributed by atoms with Crippen molar-refractivity contribution in [2.45, 2.75) is 39.5 Å². The maximum absolute atomic E-state index is 11.9. The second-order valence-corrected chi connectivity index (χ2v) is 6.98. The van der Waals surface area contributed by atoms with Crippen molar-refractivity contribution in [3.05, 3.63) is 29.8 Å². The lowest BCUT2D eigenvalue weighted by Gasteiger charge is -2.24. The Morgan fingerprint density at radius 3 is 2.81 bits per heavy atom. The highest BCUT2D eigenvalue weighted by Gasteiger charge is 2.24. The molecule has 0 bridgehead atoms. The summed E-state index contributed by atoms with van der Waals surface area (Å²) < 4.78 is 5.63. The van der Waals surface area contributed by atoms with Crippen LogP contribution in [0.3, 0.4) is 0 Å². The number of benzene rings is 1. The van der Waals surface area contributed by atoms with Crippen LogP contribution >= 0.6 is 24.0 Å². The molecule has 6 nitrogen and oxygen atoms in total. The molecule has 0 saturated carbocycles. The SMILES string of the molecule is CCNC(=NCC1CC(=O)Nc2ccccc21)NCCOCCC(C)C.I. The average Bonchev–Trinajstić information content (AvgIpc) is 2.61. The number of nitrogens with one attached hydrogen (secondary N) is 3. The van der Waals surface area contributed by atoms with Crippen molar-refractivity contribution in [2.24, 2.45) is 10.9 Å². The first-order valence-electron chi connectivity index (χ1n) is 9.58. The first kappa shape index (κ1) is 23.7. The van der Waals surface area contributed by atoms with Gasteiger partial charge in [-0.25, -0.2) is 0 Å². The van der Waals surface area contributed by atoms with Gasteiger partial charge in [0.05, 0.1) is 13.2 Å². The fraction of sp³-hybridized carbons (Fsp3) is 0.600. The van der Waals surface area contributed by atoms with Gasteiger partial charge in [0.25, 0.3) is 0 Å². The van der Waals surface area contributed by atoms with E-state index in [1.165, 1.54) is 0 Å². The predicted octanol–water partition coefficient (Wildman–Crippen LogP) is 3.35. The molecule has 1 heterocycles. The molecule has 3 N–H and O–H groups in total. The molecular weight excluding hydrogens is 455 g/mol. The summed E-state index contributed by atoms with van der Waals surface area (Å²) in [4.78, 5) is 16.6. The van der Waals surface area contributed by atoms with E-state index in [1.54, 1.807) is 0 Å². The maximum Gasteiger partial charge on any atom is 0.225 e. The van der Waals surface area contributed by atoms with E-state index < -0.39 is 0 Å². The molecule has 0 fully saturated rings. The zero-order valence-corrected chi connectivity index (χ0v) is 18.9. The summed E-state index contributed by atoms with van der Waals surface area (Å²) in [5.74, 6) is 1.60. The third kappa shape index (κ3) is 8.47. The van der Waals surface area contributed by atoms with Crippen molar-refractivity contribution in [1.29, 1.82) is 0 Å². The van der Waals surface area contributed by atoms with Gasteiger partial charge in [-0.2, -0.15) is 0 Å². The van der Waals surface area contributed by atoms with Crippen LogP contribution in [0.25, 0.3) is 0 Å². The predicted molar refractivity (Wildman–Crippen MR) is 122 cm³/mol. The van der Waals surface area contributed by atoms with Crippen LogP contribution < -0.4 is 16.0 Å². The molecule has 1 atom stereocenters. The number of hydrogen-bond donors (Lipinski definition) is 3. The van der Waals surface area contributed by atoms with Gasteiger partial charge < -0.3 is 20.7 Å². The summed E-state index contributed by atoms with van der Waals surface area (Å²) in [6, 6.07) is 7.96. The number of guanidine groups is 1. The second-order valence-electron chi connectivity index (χ2n) is 6.98. The van der Waals surface area contributed by atoms with E-state index in [9.17, 15) is 4.79 Å². The third-order valence-corrected chi connectivity index (χ3v) is 4.30. The van der Waals surface area contributed by atoms with Crippen LogP contribution in [0.15, 0.2) is 29.3 Å². The van der Waals surface area contributed by atoms with Crippen molar-refractivity contribution in [2.75, 3.05) is 38.2 Å². The molecule has 2 rings (SSSR count). The fourth-order valence-corrected chi connectivity index (χ4v) is 2.87. The number of carbonyl (C=O) groups is 1. The van der Waals surface area contributed by atoms with Crippen LogP contribution in [0.4, 0.5) is 5.69 Å². The maximum atomic E-state index is 11.9. The lowest BCUT2D eigenvalue weighted by Crippen LogP contribution is -2.39. The average molecular weight is 488 g/mol. The van der Waals surface area contributed by atoms with Crippen LogP contribution in [0.5, 0.6) is 0 Å². The normalized spacial score (nSPS) is 16.4. The van der Waals surface area contributed by atoms with Crippen LogP contribution in [0, 0.1) is 5.92 Å². The van der Waals surface area contributed by atoms with Crippen LogP contribution in [0.2, 0.25) is 0 Å². The highest BCUT2D eigenvalue weighted by atomic mass is 127. The number of aliphatic imine (C=N–C) groups is 1. The summed E-state index contributed by atoms with van der Waals surface area (Å²) >= 11 is 0. The first-order valence-corrected chi connectivity index (χ1v) is 9.58. The monoisotopic (exact) mass is 488 g/mol. The smallest absolute Gasteiger partial charge is 0.225 e. The van der Waals surface area contributed by atoms with Gasteiger partial charge in [0.1, 0.15) is 0 Å². The van der Waals surface area contributed by atoms with Gasteiger partial charge in [0, 0.05) is 37.7 Å². The number of hydrogen-bond acceptors (Lipinski definition) is 3. The quantitative estimate of drug-likeness (QED) is 0.216. The van der Waals surface area contributed by atoms with Gasteiger partial charge in [0.2, 0.25) is 5.91 Å². The lowest BCUT2D eigenvalue weighted by molar-refractivity contribution is -0.116. The van der Waals surface area contributed by atoms with Crippen LogP contribution in [-0.2, 0) is 9.53 Å². The van der Waals surface area contributed by atoms with Crippen molar-refractivity contribution >= 4 is 41.5 Å². The number of para-hydroxylation sites is 1. The zero-order chi connectivity index (χ0) is 18.8. The number of nitrogens with zero attached hydrogens (tertiary/aromatic N) is 1. The molecular formula is C20H33IN4O2. The van der Waals surface area contributed by atoms with E-state index in [-0.39, 0.29) is 35.8 Å². The molecule has 0 spiro atoms. The molecule has 7 heteroatoms. The Hall–Kier alpha value is -1.35. The van der Waals surface area contributed by atoms with Gasteiger partial charge >= 0.3 is 0 Å². The fourth-order valence-electron chi connectivity index (χ4n) is 2.87. The molecule has 1 aliphatic rings. The minimum Gasteiger partial charge on any atom is -0.380 e. The number of halogens is 1. The van der Waals surface area contributed by atoms with Crippen molar-refractivity contribution in [3.8, 4) is 0 Å². The molecule has 0 radical (unpaired) electrons. The molecule has 1 aliphatic heterocycles. The van der Waals surface area contributed by atoms with Gasteiger partial charge in [-0.05, 0) is 30.9 Å². The molecule has 1 unspecified atom stereocenters. The Labute approximate surface area is 179 Å². The van der Waals surface area contributed by atoms with Crippen LogP contribution in [0.1, 0.15) is 45.1 Å². The van der Waals surface area contributed by atoms with E-state index in [0.717, 1.165) is 36.8 Å². The van der Waals surface area contributed by atoms with E-state index in [1.807, 2.05) is 25.1 Å². The van der Waals surface area contributed by atoms with Gasteiger partial charge in [-0.3, -0.25) is 9.79 Å². The molecule has 0 aliphatic carbocycles. The largest absolute Gasteiger partial charge is 0.380 e. The number of rotatable bonds is 9. The highest BCUT2D eigenvalue weighted by Crippen LogP contribution is 2.31. The standard InChI is InChI=1S/C20H32N4O2.HI/c1-4-21-20(22-10-12-26-11-9-15(2)3)23-14-16-13-19(25)24-18-8-6-5-7-17(16)18;/h5-8,15-16H,4,9-14H2,1-3H3,(H,24,25)(H2,21,22,23);1H. The molecule has 27 heavy (non-hydrogen) atoms. The molecule has 0 aromatic heterocycles. The summed E-state index contributed by atoms with van der Waals surface area (Å²) in [6.45, 7) is 9.97. The molecule has 152 valence electrons. The number of anilines is 1. The number of ether oxygens (including phenoxy) is 1. The Kier molecular flexibility index (Phi) is 11.3. The Bertz CT molecular complexity index is 607. The van der Waals surface area contributed by atoms with Crippen molar-refractivity contribution in [1.82, 2.24) is 10.6 Å². The summed E-state index contributed by atoms with van der Waals surface area (Å²) in [5, 5.41) is 9.48. The van der Waals surface area contributed by atoms with Crippen molar-refractivity contribution in [3.63, 3.8) is 0 Å².